The molecule has 1 saturated heterocycles. The second-order valence-corrected chi connectivity index (χ2v) is 3.30. The van der Waals surface area contributed by atoms with Gasteiger partial charge in [0, 0.05) is 0 Å². The average Bonchev–Trinajstić information content (AvgIpc) is 2.34. The Kier molecular flexibility index (Phi) is 2.69. The molecule has 0 aromatic rings. The van der Waals surface area contributed by atoms with E-state index in [9.17, 15) is 0 Å². The van der Waals surface area contributed by atoms with Gasteiger partial charge < -0.3 is 9.84 Å². The lowest BCUT2D eigenvalue weighted by Gasteiger charge is -2.14. The van der Waals surface area contributed by atoms with Gasteiger partial charge in [0.15, 0.2) is 0 Å². The number of ether oxygens (including phenoxy) is 1. The molecule has 1 rings (SSSR count). The second-order valence-electron chi connectivity index (χ2n) is 3.30. The number of hydrogen-bond acceptors (Lipinski definition) is 2. The van der Waals surface area contributed by atoms with Crippen molar-refractivity contribution in [1.29, 1.82) is 0 Å². The summed E-state index contributed by atoms with van der Waals surface area (Å²) in [5, 5.41) is 8.74. The lowest BCUT2D eigenvalue weighted by atomic mass is 10.0. The van der Waals surface area contributed by atoms with E-state index in [4.69, 9.17) is 9.84 Å². The zero-order valence-corrected chi connectivity index (χ0v) is 6.71. The van der Waals surface area contributed by atoms with Crippen molar-refractivity contribution in [1.82, 2.24) is 0 Å². The molecule has 0 aromatic heterocycles. The zero-order chi connectivity index (χ0) is 7.56. The van der Waals surface area contributed by atoms with Crippen LogP contribution in [0, 0.1) is 5.92 Å². The summed E-state index contributed by atoms with van der Waals surface area (Å²) in [5.41, 5.74) is 0. The summed E-state index contributed by atoms with van der Waals surface area (Å²) in [6, 6.07) is 0. The van der Waals surface area contributed by atoms with Crippen LogP contribution in [0.1, 0.15) is 26.7 Å². The third-order valence-corrected chi connectivity index (χ3v) is 2.09. The van der Waals surface area contributed by atoms with Crippen molar-refractivity contribution >= 4 is 0 Å². The highest BCUT2D eigenvalue weighted by atomic mass is 16.5. The van der Waals surface area contributed by atoms with Gasteiger partial charge in [-0.25, -0.2) is 0 Å². The molecule has 2 heteroatoms. The molecule has 1 aliphatic rings. The van der Waals surface area contributed by atoms with Crippen molar-refractivity contribution in [3.63, 3.8) is 0 Å². The molecule has 0 aliphatic carbocycles. The lowest BCUT2D eigenvalue weighted by Crippen LogP contribution is -2.18. The summed E-state index contributed by atoms with van der Waals surface area (Å²) in [5.74, 6) is 0.594. The fraction of sp³-hybridized carbons (Fsp3) is 1.00. The second kappa shape index (κ2) is 3.35. The molecule has 0 saturated carbocycles. The van der Waals surface area contributed by atoms with Crippen LogP contribution in [0.4, 0.5) is 0 Å². The van der Waals surface area contributed by atoms with Crippen LogP contribution in [0.25, 0.3) is 0 Å². The van der Waals surface area contributed by atoms with Crippen LogP contribution in [0.2, 0.25) is 0 Å². The third-order valence-electron chi connectivity index (χ3n) is 2.09. The smallest absolute Gasteiger partial charge is 0.0810 e. The van der Waals surface area contributed by atoms with Gasteiger partial charge in [0.1, 0.15) is 0 Å². The number of rotatable bonds is 2. The highest BCUT2D eigenvalue weighted by molar-refractivity contribution is 4.74. The van der Waals surface area contributed by atoms with Crippen LogP contribution in [-0.2, 0) is 4.74 Å². The molecule has 0 aromatic carbocycles. The van der Waals surface area contributed by atoms with Crippen LogP contribution < -0.4 is 0 Å². The fourth-order valence-corrected chi connectivity index (χ4v) is 1.36. The monoisotopic (exact) mass is 144 g/mol. The summed E-state index contributed by atoms with van der Waals surface area (Å²) in [6.07, 6.45) is 2.65. The molecule has 0 spiro atoms. The van der Waals surface area contributed by atoms with E-state index in [1.165, 1.54) is 0 Å². The van der Waals surface area contributed by atoms with E-state index in [2.05, 4.69) is 13.8 Å². The standard InChI is InChI=1S/C8H16O2/c1-6(2)8-4-3-7(5-9)10-8/h6-9H,3-5H2,1-2H3/t7-,8?/m0/s1. The number of aliphatic hydroxyl groups excluding tert-OH is 1. The Morgan fingerprint density at radius 2 is 2.20 bits per heavy atom. The first-order valence-electron chi connectivity index (χ1n) is 4.00. The molecule has 2 atom stereocenters. The first-order valence-corrected chi connectivity index (χ1v) is 4.00. The molecular weight excluding hydrogens is 128 g/mol. The van der Waals surface area contributed by atoms with Gasteiger partial charge >= 0.3 is 0 Å². The third kappa shape index (κ3) is 1.70. The fourth-order valence-electron chi connectivity index (χ4n) is 1.36. The number of aliphatic hydroxyl groups is 1. The Morgan fingerprint density at radius 3 is 2.50 bits per heavy atom. The van der Waals surface area contributed by atoms with Gasteiger partial charge in [0.05, 0.1) is 18.8 Å². The molecule has 60 valence electrons. The van der Waals surface area contributed by atoms with E-state index in [0.29, 0.717) is 12.0 Å². The van der Waals surface area contributed by atoms with Crippen LogP contribution in [-0.4, -0.2) is 23.9 Å². The SMILES string of the molecule is CC(C)C1CC[C@@H](CO)O1. The maximum absolute atomic E-state index is 8.74. The molecule has 1 fully saturated rings. The molecule has 0 bridgehead atoms. The van der Waals surface area contributed by atoms with Gasteiger partial charge in [0.2, 0.25) is 0 Å². The maximum Gasteiger partial charge on any atom is 0.0810 e. The van der Waals surface area contributed by atoms with E-state index in [0.717, 1.165) is 12.8 Å². The van der Waals surface area contributed by atoms with E-state index in [-0.39, 0.29) is 12.7 Å². The van der Waals surface area contributed by atoms with Crippen LogP contribution in [0.15, 0.2) is 0 Å². The Labute approximate surface area is 62.2 Å². The van der Waals surface area contributed by atoms with Gasteiger partial charge in [-0.1, -0.05) is 13.8 Å². The largest absolute Gasteiger partial charge is 0.394 e. The normalized spacial score (nSPS) is 33.6. The van der Waals surface area contributed by atoms with Crippen molar-refractivity contribution in [2.45, 2.75) is 38.9 Å². The molecule has 1 heterocycles. The molecule has 0 amide bonds. The van der Waals surface area contributed by atoms with Gasteiger partial charge in [-0.3, -0.25) is 0 Å². The summed E-state index contributed by atoms with van der Waals surface area (Å²) in [4.78, 5) is 0. The van der Waals surface area contributed by atoms with Crippen LogP contribution in [0.5, 0.6) is 0 Å². The van der Waals surface area contributed by atoms with Crippen molar-refractivity contribution in [3.8, 4) is 0 Å². The molecule has 1 aliphatic heterocycles. The van der Waals surface area contributed by atoms with Crippen molar-refractivity contribution in [3.05, 3.63) is 0 Å². The van der Waals surface area contributed by atoms with Gasteiger partial charge in [0.25, 0.3) is 0 Å². The van der Waals surface area contributed by atoms with Crippen molar-refractivity contribution in [2.75, 3.05) is 6.61 Å². The summed E-state index contributed by atoms with van der Waals surface area (Å²) < 4.78 is 5.52. The minimum atomic E-state index is 0.118. The Bertz CT molecular complexity index is 101. The van der Waals surface area contributed by atoms with Gasteiger partial charge in [-0.05, 0) is 18.8 Å². The predicted molar refractivity (Wildman–Crippen MR) is 39.8 cm³/mol. The highest BCUT2D eigenvalue weighted by Crippen LogP contribution is 2.24. The number of hydrogen-bond donors (Lipinski definition) is 1. The first-order chi connectivity index (χ1) is 4.74. The van der Waals surface area contributed by atoms with Crippen molar-refractivity contribution < 1.29 is 9.84 Å². The van der Waals surface area contributed by atoms with E-state index in [1.54, 1.807) is 0 Å². The minimum absolute atomic E-state index is 0.118. The molecular formula is C8H16O2. The summed E-state index contributed by atoms with van der Waals surface area (Å²) >= 11 is 0. The maximum atomic E-state index is 8.74. The Balaban J connectivity index is 2.28. The molecule has 1 N–H and O–H groups in total. The van der Waals surface area contributed by atoms with Crippen molar-refractivity contribution in [2.24, 2.45) is 5.92 Å². The summed E-state index contributed by atoms with van der Waals surface area (Å²) in [7, 11) is 0. The van der Waals surface area contributed by atoms with E-state index in [1.807, 2.05) is 0 Å². The summed E-state index contributed by atoms with van der Waals surface area (Å²) in [6.45, 7) is 4.50. The lowest BCUT2D eigenvalue weighted by molar-refractivity contribution is -0.00740. The topological polar surface area (TPSA) is 29.5 Å². The Morgan fingerprint density at radius 1 is 1.50 bits per heavy atom. The van der Waals surface area contributed by atoms with E-state index >= 15 is 0 Å². The molecule has 0 radical (unpaired) electrons. The Hall–Kier alpha value is -0.0800. The average molecular weight is 144 g/mol. The highest BCUT2D eigenvalue weighted by Gasteiger charge is 2.26. The van der Waals surface area contributed by atoms with Gasteiger partial charge in [-0.15, -0.1) is 0 Å². The quantitative estimate of drug-likeness (QED) is 0.630. The zero-order valence-electron chi connectivity index (χ0n) is 6.71. The molecule has 2 nitrogen and oxygen atoms in total. The van der Waals surface area contributed by atoms with Crippen LogP contribution >= 0.6 is 0 Å². The molecule has 10 heavy (non-hydrogen) atoms. The predicted octanol–water partition coefficient (Wildman–Crippen LogP) is 1.18. The first kappa shape index (κ1) is 8.02. The van der Waals surface area contributed by atoms with Crippen LogP contribution in [0.3, 0.4) is 0 Å². The molecule has 1 unspecified atom stereocenters. The minimum Gasteiger partial charge on any atom is -0.394 e. The van der Waals surface area contributed by atoms with Gasteiger partial charge in [-0.2, -0.15) is 0 Å². The van der Waals surface area contributed by atoms with E-state index < -0.39 is 0 Å².